The van der Waals surface area contributed by atoms with E-state index in [1.165, 1.54) is 11.8 Å². The number of carbonyl (C=O) groups is 2. The lowest BCUT2D eigenvalue weighted by Crippen LogP contribution is -2.31. The molecule has 5 rings (SSSR count). The molecular weight excluding hydrogens is 499 g/mol. The maximum absolute atomic E-state index is 13.7. The summed E-state index contributed by atoms with van der Waals surface area (Å²) in [6.07, 6.45) is 0. The Morgan fingerprint density at radius 2 is 1.60 bits per heavy atom. The Morgan fingerprint density at radius 1 is 0.857 bits per heavy atom. The SMILES string of the molecule is O=C(NCc1ccc(Cl)cc1)c1ccc2c(c1)N(Cc1ccccc1Cl)C(=O)c1ccccc1S2. The van der Waals surface area contributed by atoms with Crippen molar-refractivity contribution in [1.29, 1.82) is 0 Å². The zero-order valence-electron chi connectivity index (χ0n) is 18.5. The van der Waals surface area contributed by atoms with Crippen LogP contribution < -0.4 is 10.2 Å². The first-order valence-electron chi connectivity index (χ1n) is 11.0. The van der Waals surface area contributed by atoms with E-state index in [1.54, 1.807) is 29.2 Å². The molecule has 1 heterocycles. The number of hydrogen-bond donors (Lipinski definition) is 1. The van der Waals surface area contributed by atoms with Gasteiger partial charge in [0.2, 0.25) is 0 Å². The Balaban J connectivity index is 1.49. The van der Waals surface area contributed by atoms with Crippen LogP contribution in [0.2, 0.25) is 10.0 Å². The van der Waals surface area contributed by atoms with Gasteiger partial charge in [-0.15, -0.1) is 0 Å². The average Bonchev–Trinajstić information content (AvgIpc) is 2.99. The average molecular weight is 519 g/mol. The molecule has 174 valence electrons. The highest BCUT2D eigenvalue weighted by Gasteiger charge is 2.28. The van der Waals surface area contributed by atoms with Crippen molar-refractivity contribution in [3.05, 3.63) is 123 Å². The summed E-state index contributed by atoms with van der Waals surface area (Å²) in [4.78, 5) is 30.2. The molecule has 0 unspecified atom stereocenters. The molecule has 4 nitrogen and oxygen atoms in total. The first kappa shape index (κ1) is 23.5. The molecule has 35 heavy (non-hydrogen) atoms. The van der Waals surface area contributed by atoms with Crippen molar-refractivity contribution in [2.24, 2.45) is 0 Å². The fraction of sp³-hybridized carbons (Fsp3) is 0.0714. The lowest BCUT2D eigenvalue weighted by atomic mass is 10.1. The van der Waals surface area contributed by atoms with Crippen LogP contribution in [-0.4, -0.2) is 11.8 Å². The molecule has 0 spiro atoms. The van der Waals surface area contributed by atoms with E-state index in [0.717, 1.165) is 20.9 Å². The highest BCUT2D eigenvalue weighted by Crippen LogP contribution is 2.42. The number of nitrogens with zero attached hydrogens (tertiary/aromatic N) is 1. The summed E-state index contributed by atoms with van der Waals surface area (Å²) < 4.78 is 0. The standard InChI is InChI=1S/C28H20Cl2N2O2S/c29-21-12-9-18(10-13-21)16-31-27(33)19-11-14-26-24(15-19)32(17-20-5-1-3-7-23(20)30)28(34)22-6-2-4-8-25(22)35-26/h1-15H,16-17H2,(H,31,33). The van der Waals surface area contributed by atoms with Crippen molar-refractivity contribution in [2.75, 3.05) is 4.90 Å². The van der Waals surface area contributed by atoms with E-state index < -0.39 is 0 Å². The molecule has 4 aromatic carbocycles. The Morgan fingerprint density at radius 3 is 2.40 bits per heavy atom. The molecule has 0 bridgehead atoms. The van der Waals surface area contributed by atoms with Crippen molar-refractivity contribution in [2.45, 2.75) is 22.9 Å². The molecule has 1 N–H and O–H groups in total. The zero-order chi connectivity index (χ0) is 24.4. The fourth-order valence-corrected chi connectivity index (χ4v) is 5.28. The lowest BCUT2D eigenvalue weighted by Gasteiger charge is -2.24. The van der Waals surface area contributed by atoms with Gasteiger partial charge in [-0.1, -0.05) is 77.4 Å². The predicted octanol–water partition coefficient (Wildman–Crippen LogP) is 7.24. The minimum absolute atomic E-state index is 0.134. The van der Waals surface area contributed by atoms with E-state index in [1.807, 2.05) is 66.7 Å². The van der Waals surface area contributed by atoms with E-state index in [9.17, 15) is 9.59 Å². The summed E-state index contributed by atoms with van der Waals surface area (Å²) in [6, 6.07) is 27.8. The van der Waals surface area contributed by atoms with Crippen LogP contribution in [0, 0.1) is 0 Å². The molecule has 1 aliphatic heterocycles. The number of benzene rings is 4. The fourth-order valence-electron chi connectivity index (χ4n) is 3.90. The topological polar surface area (TPSA) is 49.4 Å². The van der Waals surface area contributed by atoms with Crippen molar-refractivity contribution < 1.29 is 9.59 Å². The molecule has 0 aromatic heterocycles. The summed E-state index contributed by atoms with van der Waals surface area (Å²) in [5, 5.41) is 4.18. The molecule has 7 heteroatoms. The maximum atomic E-state index is 13.7. The van der Waals surface area contributed by atoms with Crippen molar-refractivity contribution in [3.63, 3.8) is 0 Å². The third kappa shape index (κ3) is 5.08. The zero-order valence-corrected chi connectivity index (χ0v) is 20.8. The molecule has 0 radical (unpaired) electrons. The van der Waals surface area contributed by atoms with Gasteiger partial charge >= 0.3 is 0 Å². The van der Waals surface area contributed by atoms with E-state index in [4.69, 9.17) is 23.2 Å². The largest absolute Gasteiger partial charge is 0.348 e. The summed E-state index contributed by atoms with van der Waals surface area (Å²) >= 11 is 13.9. The number of carbonyl (C=O) groups excluding carboxylic acids is 2. The van der Waals surface area contributed by atoms with Crippen LogP contribution in [0.1, 0.15) is 31.8 Å². The second kappa shape index (κ2) is 10.2. The van der Waals surface area contributed by atoms with Crippen molar-refractivity contribution in [1.82, 2.24) is 5.32 Å². The number of nitrogens with one attached hydrogen (secondary N) is 1. The highest BCUT2D eigenvalue weighted by molar-refractivity contribution is 7.99. The van der Waals surface area contributed by atoms with Gasteiger partial charge in [-0.05, 0) is 59.7 Å². The normalized spacial score (nSPS) is 12.5. The Kier molecular flexibility index (Phi) is 6.82. The maximum Gasteiger partial charge on any atom is 0.259 e. The Labute approximate surface area is 217 Å². The Bertz CT molecular complexity index is 1420. The molecule has 4 aromatic rings. The van der Waals surface area contributed by atoms with Gasteiger partial charge in [0.05, 0.1) is 17.8 Å². The van der Waals surface area contributed by atoms with Crippen LogP contribution >= 0.6 is 35.0 Å². The second-order valence-electron chi connectivity index (χ2n) is 8.07. The quantitative estimate of drug-likeness (QED) is 0.303. The smallest absolute Gasteiger partial charge is 0.259 e. The van der Waals surface area contributed by atoms with Gasteiger partial charge in [0.25, 0.3) is 11.8 Å². The second-order valence-corrected chi connectivity index (χ2v) is 10.00. The van der Waals surface area contributed by atoms with Crippen LogP contribution in [0.25, 0.3) is 0 Å². The molecule has 0 saturated carbocycles. The molecule has 1 aliphatic rings. The van der Waals surface area contributed by atoms with Crippen LogP contribution in [0.5, 0.6) is 0 Å². The number of amides is 2. The molecular formula is C28H20Cl2N2O2S. The minimum Gasteiger partial charge on any atom is -0.348 e. The number of hydrogen-bond acceptors (Lipinski definition) is 3. The van der Waals surface area contributed by atoms with Crippen LogP contribution in [0.4, 0.5) is 5.69 Å². The molecule has 0 saturated heterocycles. The first-order chi connectivity index (χ1) is 17.0. The first-order valence-corrected chi connectivity index (χ1v) is 12.6. The van der Waals surface area contributed by atoms with Crippen LogP contribution in [-0.2, 0) is 13.1 Å². The van der Waals surface area contributed by atoms with Crippen molar-refractivity contribution >= 4 is 52.5 Å². The van der Waals surface area contributed by atoms with E-state index >= 15 is 0 Å². The van der Waals surface area contributed by atoms with E-state index in [2.05, 4.69) is 5.32 Å². The summed E-state index contributed by atoms with van der Waals surface area (Å²) in [6.45, 7) is 0.659. The predicted molar refractivity (Wildman–Crippen MR) is 142 cm³/mol. The summed E-state index contributed by atoms with van der Waals surface area (Å²) in [7, 11) is 0. The van der Waals surface area contributed by atoms with Gasteiger partial charge in [0.1, 0.15) is 0 Å². The van der Waals surface area contributed by atoms with Gasteiger partial charge in [-0.2, -0.15) is 0 Å². The molecule has 0 fully saturated rings. The van der Waals surface area contributed by atoms with E-state index in [0.29, 0.717) is 33.4 Å². The van der Waals surface area contributed by atoms with Gasteiger partial charge in [0, 0.05) is 31.9 Å². The van der Waals surface area contributed by atoms with Crippen LogP contribution in [0.15, 0.2) is 101 Å². The number of halogens is 2. The van der Waals surface area contributed by atoms with Gasteiger partial charge in [0.15, 0.2) is 0 Å². The van der Waals surface area contributed by atoms with Crippen molar-refractivity contribution in [3.8, 4) is 0 Å². The molecule has 0 atom stereocenters. The number of rotatable bonds is 5. The minimum atomic E-state index is -0.223. The van der Waals surface area contributed by atoms with Gasteiger partial charge < -0.3 is 10.2 Å². The number of anilines is 1. The third-order valence-corrected chi connectivity index (χ3v) is 7.51. The summed E-state index contributed by atoms with van der Waals surface area (Å²) in [5.41, 5.74) is 3.54. The molecule has 0 aliphatic carbocycles. The molecule has 2 amide bonds. The van der Waals surface area contributed by atoms with Crippen LogP contribution in [0.3, 0.4) is 0 Å². The monoisotopic (exact) mass is 518 g/mol. The van der Waals surface area contributed by atoms with Gasteiger partial charge in [-0.3, -0.25) is 9.59 Å². The highest BCUT2D eigenvalue weighted by atomic mass is 35.5. The summed E-state index contributed by atoms with van der Waals surface area (Å²) in [5.74, 6) is -0.356. The van der Waals surface area contributed by atoms with Gasteiger partial charge in [-0.25, -0.2) is 0 Å². The number of fused-ring (bicyclic) bond motifs is 2. The van der Waals surface area contributed by atoms with E-state index in [-0.39, 0.29) is 18.4 Å². The lowest BCUT2D eigenvalue weighted by molar-refractivity contribution is 0.0947. The third-order valence-electron chi connectivity index (χ3n) is 5.75. The Hall–Kier alpha value is -3.25.